The van der Waals surface area contributed by atoms with E-state index in [2.05, 4.69) is 25.6 Å². The van der Waals surface area contributed by atoms with Gasteiger partial charge in [-0.25, -0.2) is 15.0 Å². The maximum absolute atomic E-state index is 13.1. The summed E-state index contributed by atoms with van der Waals surface area (Å²) in [5.41, 5.74) is 6.11. The number of rotatable bonds is 4. The van der Waals surface area contributed by atoms with Gasteiger partial charge in [0.2, 0.25) is 0 Å². The Morgan fingerprint density at radius 3 is 2.35 bits per heavy atom. The quantitative estimate of drug-likeness (QED) is 0.644. The number of nitrogens with two attached hydrogens (primary N) is 1. The van der Waals surface area contributed by atoms with Crippen LogP contribution in [0.2, 0.25) is 0 Å². The highest BCUT2D eigenvalue weighted by Gasteiger charge is 2.33. The van der Waals surface area contributed by atoms with Gasteiger partial charge < -0.3 is 16.4 Å². The number of halogens is 3. The fourth-order valence-corrected chi connectivity index (χ4v) is 2.29. The Bertz CT molecular complexity index is 926. The Morgan fingerprint density at radius 1 is 0.962 bits per heavy atom. The number of anilines is 5. The average molecular weight is 360 g/mol. The summed E-state index contributed by atoms with van der Waals surface area (Å²) >= 11 is 0. The van der Waals surface area contributed by atoms with Crippen LogP contribution in [0.15, 0.2) is 48.9 Å². The van der Waals surface area contributed by atoms with E-state index in [1.54, 1.807) is 12.3 Å². The fourth-order valence-electron chi connectivity index (χ4n) is 2.29. The van der Waals surface area contributed by atoms with Gasteiger partial charge in [-0.2, -0.15) is 13.2 Å². The third-order valence-electron chi connectivity index (χ3n) is 3.53. The molecule has 0 aliphatic heterocycles. The monoisotopic (exact) mass is 360 g/mol. The van der Waals surface area contributed by atoms with Gasteiger partial charge in [0, 0.05) is 6.20 Å². The maximum atomic E-state index is 13.1. The topological polar surface area (TPSA) is 88.8 Å². The molecule has 2 heterocycles. The van der Waals surface area contributed by atoms with Crippen LogP contribution >= 0.6 is 0 Å². The normalized spacial score (nSPS) is 11.2. The van der Waals surface area contributed by atoms with Gasteiger partial charge in [-0.1, -0.05) is 12.1 Å². The molecular weight excluding hydrogens is 345 g/mol. The Morgan fingerprint density at radius 2 is 1.65 bits per heavy atom. The highest BCUT2D eigenvalue weighted by molar-refractivity contribution is 5.80. The second-order valence-corrected chi connectivity index (χ2v) is 5.50. The molecule has 0 atom stereocenters. The summed E-state index contributed by atoms with van der Waals surface area (Å²) in [7, 11) is 0. The van der Waals surface area contributed by atoms with Crippen LogP contribution in [0, 0.1) is 6.92 Å². The van der Waals surface area contributed by atoms with E-state index in [1.165, 1.54) is 24.5 Å². The third-order valence-corrected chi connectivity index (χ3v) is 3.53. The number of nitrogens with zero attached hydrogens (tertiary/aromatic N) is 3. The molecule has 0 saturated carbocycles. The van der Waals surface area contributed by atoms with Gasteiger partial charge in [0.25, 0.3) is 0 Å². The standard InChI is InChI=1S/C17H15F3N6/c1-10-6-7-22-13(8-10)26-16-14(21)15(23-9-24-16)25-12-5-3-2-4-11(12)17(18,19)20/h2-9H,21H2,1H3,(H2,22,23,24,25,26). The van der Waals surface area contributed by atoms with Crippen molar-refractivity contribution >= 4 is 28.8 Å². The number of hydrogen-bond acceptors (Lipinski definition) is 6. The van der Waals surface area contributed by atoms with Crippen molar-refractivity contribution in [3.05, 3.63) is 60.0 Å². The van der Waals surface area contributed by atoms with Crippen LogP contribution < -0.4 is 16.4 Å². The van der Waals surface area contributed by atoms with Gasteiger partial charge in [-0.3, -0.25) is 0 Å². The van der Waals surface area contributed by atoms with E-state index in [9.17, 15) is 13.2 Å². The molecule has 0 radical (unpaired) electrons. The van der Waals surface area contributed by atoms with Crippen LogP contribution in [0.3, 0.4) is 0 Å². The van der Waals surface area contributed by atoms with Crippen molar-refractivity contribution in [1.82, 2.24) is 15.0 Å². The second kappa shape index (κ2) is 6.87. The Hall–Kier alpha value is -3.36. The second-order valence-electron chi connectivity index (χ2n) is 5.50. The Kier molecular flexibility index (Phi) is 4.61. The van der Waals surface area contributed by atoms with Gasteiger partial charge in [-0.15, -0.1) is 0 Å². The molecule has 9 heteroatoms. The molecule has 3 rings (SSSR count). The minimum Gasteiger partial charge on any atom is -0.393 e. The number of nitrogens with one attached hydrogen (secondary N) is 2. The maximum Gasteiger partial charge on any atom is 0.418 e. The number of hydrogen-bond donors (Lipinski definition) is 3. The number of nitrogen functional groups attached to an aromatic ring is 1. The van der Waals surface area contributed by atoms with Crippen molar-refractivity contribution in [3.63, 3.8) is 0 Å². The van der Waals surface area contributed by atoms with E-state index in [4.69, 9.17) is 5.73 Å². The summed E-state index contributed by atoms with van der Waals surface area (Å²) in [6.45, 7) is 1.90. The molecule has 0 bridgehead atoms. The van der Waals surface area contributed by atoms with Crippen molar-refractivity contribution in [2.24, 2.45) is 0 Å². The molecule has 3 aromatic rings. The van der Waals surface area contributed by atoms with Gasteiger partial charge in [0.1, 0.15) is 17.8 Å². The summed E-state index contributed by atoms with van der Waals surface area (Å²) in [5, 5.41) is 5.56. The Balaban J connectivity index is 1.91. The molecule has 2 aromatic heterocycles. The Labute approximate surface area is 147 Å². The number of pyridine rings is 1. The number of aromatic nitrogens is 3. The lowest BCUT2D eigenvalue weighted by molar-refractivity contribution is -0.136. The summed E-state index contributed by atoms with van der Waals surface area (Å²) < 4.78 is 39.4. The SMILES string of the molecule is Cc1ccnc(Nc2ncnc(Nc3ccccc3C(F)(F)F)c2N)c1. The molecule has 0 saturated heterocycles. The van der Waals surface area contributed by atoms with Gasteiger partial charge in [0.15, 0.2) is 11.6 Å². The molecule has 1 aromatic carbocycles. The van der Waals surface area contributed by atoms with Crippen LogP contribution in [0.5, 0.6) is 0 Å². The molecule has 0 unspecified atom stereocenters. The van der Waals surface area contributed by atoms with Crippen LogP contribution in [-0.2, 0) is 6.18 Å². The first-order valence-corrected chi connectivity index (χ1v) is 7.58. The van der Waals surface area contributed by atoms with Crippen LogP contribution in [-0.4, -0.2) is 15.0 Å². The van der Waals surface area contributed by atoms with E-state index in [1.807, 2.05) is 13.0 Å². The minimum absolute atomic E-state index is 0.0619. The number of alkyl halides is 3. The zero-order valence-corrected chi connectivity index (χ0v) is 13.7. The van der Waals surface area contributed by atoms with E-state index in [0.717, 1.165) is 11.6 Å². The molecule has 4 N–H and O–H groups in total. The largest absolute Gasteiger partial charge is 0.418 e. The number of benzene rings is 1. The lowest BCUT2D eigenvalue weighted by atomic mass is 10.1. The molecule has 26 heavy (non-hydrogen) atoms. The third kappa shape index (κ3) is 3.82. The summed E-state index contributed by atoms with van der Waals surface area (Å²) in [6.07, 6.45) is -1.68. The molecule has 0 aliphatic carbocycles. The summed E-state index contributed by atoms with van der Waals surface area (Å²) in [6, 6.07) is 8.71. The van der Waals surface area contributed by atoms with E-state index < -0.39 is 11.7 Å². The summed E-state index contributed by atoms with van der Waals surface area (Å²) in [5.74, 6) is 0.814. The highest BCUT2D eigenvalue weighted by Crippen LogP contribution is 2.37. The van der Waals surface area contributed by atoms with E-state index in [0.29, 0.717) is 5.82 Å². The van der Waals surface area contributed by atoms with E-state index in [-0.39, 0.29) is 23.0 Å². The first-order valence-electron chi connectivity index (χ1n) is 7.58. The molecule has 0 fully saturated rings. The predicted octanol–water partition coefficient (Wildman–Crippen LogP) is 4.27. The summed E-state index contributed by atoms with van der Waals surface area (Å²) in [4.78, 5) is 12.1. The van der Waals surface area contributed by atoms with E-state index >= 15 is 0 Å². The van der Waals surface area contributed by atoms with Crippen molar-refractivity contribution in [2.75, 3.05) is 16.4 Å². The molecule has 0 aliphatic rings. The highest BCUT2D eigenvalue weighted by atomic mass is 19.4. The van der Waals surface area contributed by atoms with Crippen LogP contribution in [0.4, 0.5) is 42.0 Å². The van der Waals surface area contributed by atoms with Crippen molar-refractivity contribution in [2.45, 2.75) is 13.1 Å². The van der Waals surface area contributed by atoms with Crippen LogP contribution in [0.25, 0.3) is 0 Å². The van der Waals surface area contributed by atoms with Gasteiger partial charge in [0.05, 0.1) is 11.3 Å². The zero-order chi connectivity index (χ0) is 18.7. The lowest BCUT2D eigenvalue weighted by Crippen LogP contribution is -2.11. The van der Waals surface area contributed by atoms with Crippen molar-refractivity contribution in [1.29, 1.82) is 0 Å². The average Bonchev–Trinajstić information content (AvgIpc) is 2.58. The van der Waals surface area contributed by atoms with Crippen molar-refractivity contribution < 1.29 is 13.2 Å². The molecular formula is C17H15F3N6. The zero-order valence-electron chi connectivity index (χ0n) is 13.7. The molecule has 0 amide bonds. The lowest BCUT2D eigenvalue weighted by Gasteiger charge is -2.16. The van der Waals surface area contributed by atoms with Crippen molar-refractivity contribution in [3.8, 4) is 0 Å². The first-order chi connectivity index (χ1) is 12.3. The van der Waals surface area contributed by atoms with Crippen LogP contribution in [0.1, 0.15) is 11.1 Å². The molecule has 6 nitrogen and oxygen atoms in total. The first kappa shape index (κ1) is 17.5. The fraction of sp³-hybridized carbons (Fsp3) is 0.118. The minimum atomic E-state index is -4.50. The number of aryl methyl sites for hydroxylation is 1. The predicted molar refractivity (Wildman–Crippen MR) is 93.4 cm³/mol. The molecule has 134 valence electrons. The number of para-hydroxylation sites is 1. The van der Waals surface area contributed by atoms with Gasteiger partial charge in [-0.05, 0) is 36.8 Å². The van der Waals surface area contributed by atoms with Gasteiger partial charge >= 0.3 is 6.18 Å². The smallest absolute Gasteiger partial charge is 0.393 e. The molecule has 0 spiro atoms.